The molecule has 3 rings (SSSR count). The predicted octanol–water partition coefficient (Wildman–Crippen LogP) is 2.40. The molecule has 7 heteroatoms. The summed E-state index contributed by atoms with van der Waals surface area (Å²) in [5.41, 5.74) is 2.06. The molecule has 0 atom stereocenters. The molecule has 0 radical (unpaired) electrons. The lowest BCUT2D eigenvalue weighted by molar-refractivity contribution is -0.118. The number of nitrogens with one attached hydrogen (secondary N) is 1. The van der Waals surface area contributed by atoms with Crippen molar-refractivity contribution in [3.63, 3.8) is 0 Å². The zero-order chi connectivity index (χ0) is 18.8. The van der Waals surface area contributed by atoms with Crippen LogP contribution in [-0.2, 0) is 4.79 Å². The smallest absolute Gasteiger partial charge is 0.261 e. The zero-order valence-corrected chi connectivity index (χ0v) is 16.3. The van der Waals surface area contributed by atoms with Crippen molar-refractivity contribution in [1.82, 2.24) is 10.2 Å². The summed E-state index contributed by atoms with van der Waals surface area (Å²) in [4.78, 5) is 40.3. The molecule has 0 bridgehead atoms. The van der Waals surface area contributed by atoms with Gasteiger partial charge in [0.1, 0.15) is 0 Å². The molecule has 0 saturated carbocycles. The lowest BCUT2D eigenvalue weighted by Gasteiger charge is -2.28. The molecule has 1 heterocycles. The third kappa shape index (κ3) is 3.19. The number of amides is 3. The Morgan fingerprint density at radius 3 is 2.46 bits per heavy atom. The van der Waals surface area contributed by atoms with Crippen LogP contribution in [0.2, 0.25) is 0 Å². The molecule has 136 valence electrons. The SMILES string of the molecule is CN(C)c1ccc2c3c(cccc13)C(=O)N(CCCNC(=O)CBr)C2=O. The third-order valence-corrected chi connectivity index (χ3v) is 4.96. The van der Waals surface area contributed by atoms with Crippen LogP contribution in [0.3, 0.4) is 0 Å². The van der Waals surface area contributed by atoms with Crippen molar-refractivity contribution in [2.24, 2.45) is 0 Å². The van der Waals surface area contributed by atoms with Gasteiger partial charge in [0.2, 0.25) is 5.91 Å². The van der Waals surface area contributed by atoms with Crippen LogP contribution >= 0.6 is 15.9 Å². The molecule has 0 spiro atoms. The van der Waals surface area contributed by atoms with Crippen molar-refractivity contribution in [3.8, 4) is 0 Å². The topological polar surface area (TPSA) is 69.7 Å². The predicted molar refractivity (Wildman–Crippen MR) is 105 cm³/mol. The van der Waals surface area contributed by atoms with E-state index in [0.29, 0.717) is 24.1 Å². The van der Waals surface area contributed by atoms with Crippen molar-refractivity contribution >= 4 is 50.1 Å². The number of hydrogen-bond acceptors (Lipinski definition) is 4. The fourth-order valence-corrected chi connectivity index (χ4v) is 3.43. The van der Waals surface area contributed by atoms with Crippen molar-refractivity contribution in [2.45, 2.75) is 6.42 Å². The first-order chi connectivity index (χ1) is 12.5. The van der Waals surface area contributed by atoms with Gasteiger partial charge in [-0.25, -0.2) is 0 Å². The van der Waals surface area contributed by atoms with Gasteiger partial charge in [-0.3, -0.25) is 19.3 Å². The highest BCUT2D eigenvalue weighted by atomic mass is 79.9. The van der Waals surface area contributed by atoms with E-state index < -0.39 is 0 Å². The van der Waals surface area contributed by atoms with Crippen LogP contribution in [0.15, 0.2) is 30.3 Å². The van der Waals surface area contributed by atoms with Crippen LogP contribution in [0.25, 0.3) is 10.8 Å². The molecule has 2 aromatic carbocycles. The van der Waals surface area contributed by atoms with Gasteiger partial charge in [-0.15, -0.1) is 0 Å². The van der Waals surface area contributed by atoms with E-state index in [2.05, 4.69) is 21.2 Å². The van der Waals surface area contributed by atoms with Gasteiger partial charge < -0.3 is 10.2 Å². The van der Waals surface area contributed by atoms with Crippen molar-refractivity contribution < 1.29 is 14.4 Å². The number of hydrogen-bond donors (Lipinski definition) is 1. The maximum absolute atomic E-state index is 12.9. The van der Waals surface area contributed by atoms with Crippen LogP contribution in [-0.4, -0.2) is 55.1 Å². The molecule has 0 aromatic heterocycles. The number of anilines is 1. The van der Waals surface area contributed by atoms with Crippen LogP contribution < -0.4 is 10.2 Å². The van der Waals surface area contributed by atoms with Crippen LogP contribution in [0.5, 0.6) is 0 Å². The van der Waals surface area contributed by atoms with E-state index in [1.165, 1.54) is 4.90 Å². The standard InChI is InChI=1S/C19H20BrN3O3/c1-22(2)15-8-7-14-17-12(15)5-3-6-13(17)18(25)23(19(14)26)10-4-9-21-16(24)11-20/h3,5-8H,4,9-11H2,1-2H3,(H,21,24). The monoisotopic (exact) mass is 417 g/mol. The highest BCUT2D eigenvalue weighted by Crippen LogP contribution is 2.35. The first kappa shape index (κ1) is 18.4. The van der Waals surface area contributed by atoms with Crippen molar-refractivity contribution in [2.75, 3.05) is 37.4 Å². The minimum absolute atomic E-state index is 0.118. The number of benzene rings is 2. The first-order valence-corrected chi connectivity index (χ1v) is 9.49. The van der Waals surface area contributed by atoms with Crippen molar-refractivity contribution in [3.05, 3.63) is 41.5 Å². The Morgan fingerprint density at radius 2 is 1.81 bits per heavy atom. The second-order valence-electron chi connectivity index (χ2n) is 6.35. The summed E-state index contributed by atoms with van der Waals surface area (Å²) in [5, 5.41) is 4.57. The van der Waals surface area contributed by atoms with Crippen LogP contribution in [0.1, 0.15) is 27.1 Å². The van der Waals surface area contributed by atoms with E-state index in [1.54, 1.807) is 12.1 Å². The fraction of sp³-hybridized carbons (Fsp3) is 0.316. The molecule has 6 nitrogen and oxygen atoms in total. The number of imide groups is 1. The Balaban J connectivity index is 1.90. The normalized spacial score (nSPS) is 13.3. The number of halogens is 1. The maximum atomic E-state index is 12.9. The average molecular weight is 418 g/mol. The lowest BCUT2D eigenvalue weighted by atomic mass is 9.92. The molecule has 0 aliphatic carbocycles. The molecule has 1 aliphatic rings. The van der Waals surface area contributed by atoms with Gasteiger partial charge in [0.25, 0.3) is 11.8 Å². The number of rotatable bonds is 6. The van der Waals surface area contributed by atoms with Crippen LogP contribution in [0, 0.1) is 0 Å². The summed E-state index contributed by atoms with van der Waals surface area (Å²) >= 11 is 3.08. The molecule has 0 saturated heterocycles. The van der Waals surface area contributed by atoms with E-state index in [9.17, 15) is 14.4 Å². The second kappa shape index (κ2) is 7.45. The van der Waals surface area contributed by atoms with E-state index in [0.717, 1.165) is 16.5 Å². The Morgan fingerprint density at radius 1 is 1.12 bits per heavy atom. The summed E-state index contributed by atoms with van der Waals surface area (Å²) in [6, 6.07) is 9.24. The number of carbonyl (C=O) groups excluding carboxylic acids is 3. The molecule has 2 aromatic rings. The fourth-order valence-electron chi connectivity index (χ4n) is 3.24. The number of nitrogens with zero attached hydrogens (tertiary/aromatic N) is 2. The van der Waals surface area contributed by atoms with E-state index >= 15 is 0 Å². The summed E-state index contributed by atoms with van der Waals surface area (Å²) in [6.45, 7) is 0.684. The quantitative estimate of drug-likeness (QED) is 0.445. The molecular formula is C19H20BrN3O3. The van der Waals surface area contributed by atoms with Gasteiger partial charge in [0.15, 0.2) is 0 Å². The van der Waals surface area contributed by atoms with E-state index in [4.69, 9.17) is 0 Å². The number of alkyl halides is 1. The molecule has 0 unspecified atom stereocenters. The van der Waals surface area contributed by atoms with E-state index in [1.807, 2.05) is 37.2 Å². The lowest BCUT2D eigenvalue weighted by Crippen LogP contribution is -2.42. The maximum Gasteiger partial charge on any atom is 0.261 e. The Bertz CT molecular complexity index is 873. The minimum Gasteiger partial charge on any atom is -0.377 e. The average Bonchev–Trinajstić information content (AvgIpc) is 2.64. The summed E-state index contributed by atoms with van der Waals surface area (Å²) < 4.78 is 0. The van der Waals surface area contributed by atoms with E-state index in [-0.39, 0.29) is 29.6 Å². The van der Waals surface area contributed by atoms with Gasteiger partial charge in [0.05, 0.1) is 5.33 Å². The van der Waals surface area contributed by atoms with Gasteiger partial charge in [-0.2, -0.15) is 0 Å². The Hall–Kier alpha value is -2.41. The second-order valence-corrected chi connectivity index (χ2v) is 6.91. The van der Waals surface area contributed by atoms with Crippen molar-refractivity contribution in [1.29, 1.82) is 0 Å². The Kier molecular flexibility index (Phi) is 5.27. The molecule has 3 amide bonds. The van der Waals surface area contributed by atoms with Gasteiger partial charge in [-0.1, -0.05) is 28.1 Å². The largest absolute Gasteiger partial charge is 0.377 e. The Labute approximate surface area is 160 Å². The minimum atomic E-state index is -0.282. The zero-order valence-electron chi connectivity index (χ0n) is 14.7. The molecule has 0 fully saturated rings. The highest BCUT2D eigenvalue weighted by Gasteiger charge is 2.32. The number of carbonyl (C=O) groups is 3. The molecule has 1 aliphatic heterocycles. The summed E-state index contributed by atoms with van der Waals surface area (Å²) in [7, 11) is 3.87. The highest BCUT2D eigenvalue weighted by molar-refractivity contribution is 9.09. The first-order valence-electron chi connectivity index (χ1n) is 8.37. The summed E-state index contributed by atoms with van der Waals surface area (Å²) in [5.74, 6) is -0.681. The van der Waals surface area contributed by atoms with Gasteiger partial charge in [-0.05, 0) is 24.6 Å². The molecule has 1 N–H and O–H groups in total. The van der Waals surface area contributed by atoms with Crippen LogP contribution in [0.4, 0.5) is 5.69 Å². The molecular weight excluding hydrogens is 398 g/mol. The third-order valence-electron chi connectivity index (χ3n) is 4.45. The summed E-state index contributed by atoms with van der Waals surface area (Å²) in [6.07, 6.45) is 0.511. The van der Waals surface area contributed by atoms with Gasteiger partial charge in [0, 0.05) is 54.8 Å². The van der Waals surface area contributed by atoms with Gasteiger partial charge >= 0.3 is 0 Å². The molecule has 26 heavy (non-hydrogen) atoms.